The summed E-state index contributed by atoms with van der Waals surface area (Å²) in [6.45, 7) is 11.4. The van der Waals surface area contributed by atoms with Crippen LogP contribution < -0.4 is 16.5 Å². The van der Waals surface area contributed by atoms with E-state index in [1.165, 1.54) is 5.01 Å². The molecule has 46 heavy (non-hydrogen) atoms. The maximum Gasteiger partial charge on any atom is 0.283 e. The van der Waals surface area contributed by atoms with Gasteiger partial charge >= 0.3 is 0 Å². The summed E-state index contributed by atoms with van der Waals surface area (Å²) < 4.78 is 18.8. The van der Waals surface area contributed by atoms with Gasteiger partial charge in [0.1, 0.15) is 5.82 Å². The molecule has 2 aromatic carbocycles. The highest BCUT2D eigenvalue weighted by molar-refractivity contribution is 6.04. The zero-order valence-electron chi connectivity index (χ0n) is 26.3. The summed E-state index contributed by atoms with van der Waals surface area (Å²) in [5.74, 6) is 6.42. The summed E-state index contributed by atoms with van der Waals surface area (Å²) in [5, 5.41) is 8.91. The molecule has 238 valence electrons. The number of nitrogens with one attached hydrogen (secondary N) is 2. The number of guanidine groups is 2. The second kappa shape index (κ2) is 14.4. The number of nitrogens with two attached hydrogens (primary N) is 1. The first-order chi connectivity index (χ1) is 22.2. The molecule has 2 atom stereocenters. The molecule has 11 heteroatoms. The van der Waals surface area contributed by atoms with Crippen molar-refractivity contribution in [3.8, 4) is 11.3 Å². The number of benzene rings is 2. The van der Waals surface area contributed by atoms with E-state index in [1.54, 1.807) is 31.5 Å². The van der Waals surface area contributed by atoms with E-state index in [4.69, 9.17) is 20.6 Å². The Bertz CT molecular complexity index is 1780. The van der Waals surface area contributed by atoms with Crippen molar-refractivity contribution in [2.24, 2.45) is 32.7 Å². The van der Waals surface area contributed by atoms with E-state index in [0.717, 1.165) is 52.4 Å². The van der Waals surface area contributed by atoms with Gasteiger partial charge in [0.15, 0.2) is 5.83 Å². The van der Waals surface area contributed by atoms with Gasteiger partial charge in [-0.3, -0.25) is 9.78 Å². The van der Waals surface area contributed by atoms with Gasteiger partial charge in [0.2, 0.25) is 11.9 Å². The number of fused-ring (bicyclic) bond motifs is 1. The highest BCUT2D eigenvalue weighted by Crippen LogP contribution is 2.31. The predicted octanol–water partition coefficient (Wildman–Crippen LogP) is 6.25. The van der Waals surface area contributed by atoms with Crippen LogP contribution in [-0.4, -0.2) is 47.2 Å². The first kappa shape index (κ1) is 32.4. The summed E-state index contributed by atoms with van der Waals surface area (Å²) in [6.07, 6.45) is 8.60. The zero-order valence-corrected chi connectivity index (χ0v) is 26.3. The van der Waals surface area contributed by atoms with Crippen molar-refractivity contribution in [1.29, 1.82) is 0 Å². The molecule has 2 heterocycles. The van der Waals surface area contributed by atoms with Crippen LogP contribution in [0.15, 0.2) is 106 Å². The lowest BCUT2D eigenvalue weighted by atomic mass is 9.99. The lowest BCUT2D eigenvalue weighted by Crippen LogP contribution is -2.48. The van der Waals surface area contributed by atoms with Gasteiger partial charge in [0.25, 0.3) is 5.91 Å². The molecule has 1 saturated carbocycles. The number of rotatable bonds is 9. The summed E-state index contributed by atoms with van der Waals surface area (Å²) in [7, 11) is 1.75. The number of carbonyl (C=O) groups excluding carboxylic acids is 1. The fourth-order valence-corrected chi connectivity index (χ4v) is 5.65. The Morgan fingerprint density at radius 2 is 2.07 bits per heavy atom. The van der Waals surface area contributed by atoms with Crippen molar-refractivity contribution in [1.82, 2.24) is 15.3 Å². The fraction of sp³-hybridized carbons (Fsp3) is 0.286. The van der Waals surface area contributed by atoms with Crippen LogP contribution in [-0.2, 0) is 16.1 Å². The number of allylic oxidation sites excluding steroid dienone is 2. The van der Waals surface area contributed by atoms with Crippen LogP contribution in [0.5, 0.6) is 0 Å². The van der Waals surface area contributed by atoms with E-state index in [9.17, 15) is 9.18 Å². The Morgan fingerprint density at radius 1 is 1.26 bits per heavy atom. The Morgan fingerprint density at radius 3 is 2.78 bits per heavy atom. The molecule has 1 aliphatic carbocycles. The molecule has 1 aromatic heterocycles. The third-order valence-electron chi connectivity index (χ3n) is 8.11. The normalized spacial score (nSPS) is 20.3. The molecule has 0 radical (unpaired) electrons. The summed E-state index contributed by atoms with van der Waals surface area (Å²) >= 11 is 0. The molecule has 1 fully saturated rings. The van der Waals surface area contributed by atoms with E-state index in [0.29, 0.717) is 29.3 Å². The smallest absolute Gasteiger partial charge is 0.283 e. The van der Waals surface area contributed by atoms with E-state index in [-0.39, 0.29) is 18.6 Å². The lowest BCUT2D eigenvalue weighted by molar-refractivity contribution is -0.114. The average molecular weight is 623 g/mol. The number of aliphatic imine (C=N–C) groups is 3. The van der Waals surface area contributed by atoms with Gasteiger partial charge in [-0.1, -0.05) is 63.4 Å². The minimum atomic E-state index is -1.05. The molecule has 3 aromatic rings. The van der Waals surface area contributed by atoms with E-state index in [2.05, 4.69) is 47.6 Å². The number of ether oxygens (including phenoxy) is 1. The minimum absolute atomic E-state index is 0.135. The SMILES string of the molecule is C=C/C(=C1/NC(N=CC2CC[C@H](OC)C2)=NC(=NCc2ccccc2-c2nccc3cc(NC(=O)C(=C)F)ccc23)N1N)C(C)C. The number of hydrogen-bond acceptors (Lipinski definition) is 7. The maximum atomic E-state index is 13.3. The number of halogens is 1. The second-order valence-electron chi connectivity index (χ2n) is 11.5. The van der Waals surface area contributed by atoms with Gasteiger partial charge in [0, 0.05) is 36.2 Å². The highest BCUT2D eigenvalue weighted by atomic mass is 19.1. The van der Waals surface area contributed by atoms with E-state index in [1.807, 2.05) is 42.6 Å². The van der Waals surface area contributed by atoms with Gasteiger partial charge in [-0.15, -0.1) is 0 Å². The molecule has 0 spiro atoms. The van der Waals surface area contributed by atoms with Crippen molar-refractivity contribution >= 4 is 40.5 Å². The first-order valence-corrected chi connectivity index (χ1v) is 15.2. The number of hydrogen-bond donors (Lipinski definition) is 3. The third kappa shape index (κ3) is 7.27. The monoisotopic (exact) mass is 622 g/mol. The molecule has 1 amide bonds. The molecule has 5 rings (SSSR count). The van der Waals surface area contributed by atoms with Crippen LogP contribution in [0.2, 0.25) is 0 Å². The number of nitrogens with zero attached hydrogens (tertiary/aromatic N) is 5. The molecule has 1 aliphatic heterocycles. The fourth-order valence-electron chi connectivity index (χ4n) is 5.65. The number of hydrazine groups is 1. The molecule has 2 aliphatic rings. The minimum Gasteiger partial charge on any atom is -0.381 e. The summed E-state index contributed by atoms with van der Waals surface area (Å²) in [4.78, 5) is 30.7. The Labute approximate surface area is 268 Å². The molecule has 0 saturated heterocycles. The topological polar surface area (TPSA) is 130 Å². The van der Waals surface area contributed by atoms with Crippen molar-refractivity contribution < 1.29 is 13.9 Å². The number of amides is 1. The Balaban J connectivity index is 1.48. The number of carbonyl (C=O) groups is 1. The quantitative estimate of drug-likeness (QED) is 0.147. The molecular formula is C35H39FN8O2. The third-order valence-corrected chi connectivity index (χ3v) is 8.11. The largest absolute Gasteiger partial charge is 0.381 e. The number of pyridine rings is 1. The number of anilines is 1. The van der Waals surface area contributed by atoms with Crippen LogP contribution in [0.1, 0.15) is 38.7 Å². The van der Waals surface area contributed by atoms with Crippen LogP contribution in [0.4, 0.5) is 10.1 Å². The maximum absolute atomic E-state index is 13.3. The van der Waals surface area contributed by atoms with Gasteiger partial charge < -0.3 is 15.4 Å². The highest BCUT2D eigenvalue weighted by Gasteiger charge is 2.26. The molecule has 1 unspecified atom stereocenters. The Kier molecular flexibility index (Phi) is 10.1. The van der Waals surface area contributed by atoms with Crippen LogP contribution in [0.3, 0.4) is 0 Å². The lowest BCUT2D eigenvalue weighted by Gasteiger charge is -2.29. The average Bonchev–Trinajstić information content (AvgIpc) is 3.52. The molecular weight excluding hydrogens is 583 g/mol. The van der Waals surface area contributed by atoms with Crippen molar-refractivity contribution in [3.05, 3.63) is 96.7 Å². The number of methoxy groups -OCH3 is 1. The standard InChI is InChI=1S/C35H39FN8O2/c1-6-28(21(2)3)32-42-34(39-19-23-11-13-27(17-23)46-5)43-35(44(32)37)40-20-25-9-7-8-10-29(25)31-30-14-12-26(41-33(45)22(4)36)18-24(30)15-16-38-31/h6-10,12,14-16,18-19,21,23,27H,1,4,11,13,17,20,37H2,2-3,5H3,(H,41,45)(H,40,42,43)/b32-28+,39-19?/t23?,27-/m0/s1. The van der Waals surface area contributed by atoms with Gasteiger partial charge in [-0.2, -0.15) is 4.99 Å². The second-order valence-corrected chi connectivity index (χ2v) is 11.5. The molecule has 0 bridgehead atoms. The van der Waals surface area contributed by atoms with E-state index >= 15 is 0 Å². The van der Waals surface area contributed by atoms with Crippen molar-refractivity contribution in [2.45, 2.75) is 45.8 Å². The zero-order chi connectivity index (χ0) is 32.8. The summed E-state index contributed by atoms with van der Waals surface area (Å²) in [5.41, 5.74) is 3.89. The van der Waals surface area contributed by atoms with Gasteiger partial charge in [0.05, 0.1) is 18.3 Å². The van der Waals surface area contributed by atoms with Gasteiger partial charge in [-0.25, -0.2) is 25.2 Å². The van der Waals surface area contributed by atoms with Crippen LogP contribution >= 0.6 is 0 Å². The summed E-state index contributed by atoms with van der Waals surface area (Å²) in [6, 6.07) is 15.0. The molecule has 4 N–H and O–H groups in total. The Hall–Kier alpha value is -5.00. The van der Waals surface area contributed by atoms with Crippen LogP contribution in [0, 0.1) is 11.8 Å². The van der Waals surface area contributed by atoms with Crippen molar-refractivity contribution in [2.75, 3.05) is 12.4 Å². The van der Waals surface area contributed by atoms with E-state index < -0.39 is 11.7 Å². The molecule has 10 nitrogen and oxygen atoms in total. The first-order valence-electron chi connectivity index (χ1n) is 15.2. The van der Waals surface area contributed by atoms with Crippen LogP contribution in [0.25, 0.3) is 22.0 Å². The van der Waals surface area contributed by atoms with Gasteiger partial charge in [-0.05, 0) is 65.8 Å². The number of aromatic nitrogens is 1. The van der Waals surface area contributed by atoms with Crippen molar-refractivity contribution in [3.63, 3.8) is 0 Å². The predicted molar refractivity (Wildman–Crippen MR) is 182 cm³/mol.